The summed E-state index contributed by atoms with van der Waals surface area (Å²) in [6, 6.07) is 13.4. The fourth-order valence-corrected chi connectivity index (χ4v) is 5.15. The van der Waals surface area contributed by atoms with Gasteiger partial charge in [-0.2, -0.15) is 0 Å². The standard InChI is InChI=1S/C23H28N4O3S/c28-21-15-27(23(30)25-13-16-5-2-1-3-6-16)14-18-11-17(12-20(18)26-21)22(29)24-9-8-19-7-4-10-31-19/h1-7,10,17-18,20H,8-9,11-15H2,(H,24,29)(H,25,30)(H,26,28)/t17-,18+,20+/m0/s1. The Bertz CT molecular complexity index is 903. The summed E-state index contributed by atoms with van der Waals surface area (Å²) in [5.74, 6) is -0.173. The zero-order valence-electron chi connectivity index (χ0n) is 17.4. The number of amides is 4. The van der Waals surface area contributed by atoms with Gasteiger partial charge in [0, 0.05) is 36.5 Å². The number of benzene rings is 1. The van der Waals surface area contributed by atoms with Crippen LogP contribution in [-0.2, 0) is 22.6 Å². The van der Waals surface area contributed by atoms with Crippen molar-refractivity contribution in [1.82, 2.24) is 20.9 Å². The second kappa shape index (κ2) is 9.96. The molecule has 1 aromatic carbocycles. The van der Waals surface area contributed by atoms with Crippen LogP contribution in [0, 0.1) is 11.8 Å². The molecule has 1 aliphatic heterocycles. The smallest absolute Gasteiger partial charge is 0.318 e. The quantitative estimate of drug-likeness (QED) is 0.643. The van der Waals surface area contributed by atoms with Crippen LogP contribution in [0.4, 0.5) is 4.79 Å². The lowest BCUT2D eigenvalue weighted by atomic mass is 10.0. The van der Waals surface area contributed by atoms with E-state index in [0.717, 1.165) is 12.0 Å². The van der Waals surface area contributed by atoms with Crippen LogP contribution in [0.5, 0.6) is 0 Å². The number of urea groups is 1. The summed E-state index contributed by atoms with van der Waals surface area (Å²) in [6.07, 6.45) is 2.13. The van der Waals surface area contributed by atoms with E-state index in [2.05, 4.69) is 22.0 Å². The number of fused-ring (bicyclic) bond motifs is 1. The largest absolute Gasteiger partial charge is 0.356 e. The van der Waals surface area contributed by atoms with Crippen LogP contribution >= 0.6 is 11.3 Å². The number of hydrogen-bond acceptors (Lipinski definition) is 4. The summed E-state index contributed by atoms with van der Waals surface area (Å²) in [7, 11) is 0. The zero-order valence-corrected chi connectivity index (χ0v) is 18.2. The fraction of sp³-hybridized carbons (Fsp3) is 0.435. The first kappa shape index (κ1) is 21.4. The van der Waals surface area contributed by atoms with Crippen LogP contribution in [0.1, 0.15) is 23.3 Å². The number of nitrogens with one attached hydrogen (secondary N) is 3. The van der Waals surface area contributed by atoms with Crippen molar-refractivity contribution in [2.24, 2.45) is 11.8 Å². The maximum atomic E-state index is 12.7. The van der Waals surface area contributed by atoms with Gasteiger partial charge in [-0.1, -0.05) is 36.4 Å². The predicted octanol–water partition coefficient (Wildman–Crippen LogP) is 2.14. The summed E-state index contributed by atoms with van der Waals surface area (Å²) in [5, 5.41) is 11.0. The lowest BCUT2D eigenvalue weighted by Gasteiger charge is -2.23. The number of carbonyl (C=O) groups is 3. The predicted molar refractivity (Wildman–Crippen MR) is 119 cm³/mol. The molecule has 31 heavy (non-hydrogen) atoms. The van der Waals surface area contributed by atoms with Crippen LogP contribution in [-0.4, -0.2) is 48.4 Å². The van der Waals surface area contributed by atoms with Gasteiger partial charge < -0.3 is 20.9 Å². The van der Waals surface area contributed by atoms with Crippen molar-refractivity contribution in [1.29, 1.82) is 0 Å². The first-order chi connectivity index (χ1) is 15.1. The highest BCUT2D eigenvalue weighted by Crippen LogP contribution is 2.33. The van der Waals surface area contributed by atoms with Crippen molar-refractivity contribution in [3.63, 3.8) is 0 Å². The second-order valence-electron chi connectivity index (χ2n) is 8.25. The molecule has 0 bridgehead atoms. The molecule has 0 spiro atoms. The summed E-state index contributed by atoms with van der Waals surface area (Å²) in [5.41, 5.74) is 1.01. The maximum Gasteiger partial charge on any atom is 0.318 e. The van der Waals surface area contributed by atoms with Crippen molar-refractivity contribution in [3.8, 4) is 0 Å². The molecule has 0 radical (unpaired) electrons. The van der Waals surface area contributed by atoms with Crippen molar-refractivity contribution in [2.45, 2.75) is 31.8 Å². The summed E-state index contributed by atoms with van der Waals surface area (Å²) in [4.78, 5) is 40.5. The fourth-order valence-electron chi connectivity index (χ4n) is 4.44. The Hall–Kier alpha value is -2.87. The Morgan fingerprint density at radius 1 is 1.10 bits per heavy atom. The molecule has 8 heteroatoms. The highest BCUT2D eigenvalue weighted by molar-refractivity contribution is 7.09. The molecule has 1 saturated heterocycles. The second-order valence-corrected chi connectivity index (χ2v) is 9.28. The molecule has 3 N–H and O–H groups in total. The molecule has 4 amide bonds. The van der Waals surface area contributed by atoms with Gasteiger partial charge >= 0.3 is 6.03 Å². The van der Waals surface area contributed by atoms with Gasteiger partial charge in [0.25, 0.3) is 0 Å². The van der Waals surface area contributed by atoms with Gasteiger partial charge in [0.2, 0.25) is 11.8 Å². The first-order valence-electron chi connectivity index (χ1n) is 10.7. The molecule has 164 valence electrons. The Balaban J connectivity index is 1.29. The van der Waals surface area contributed by atoms with Gasteiger partial charge in [-0.15, -0.1) is 11.3 Å². The molecule has 7 nitrogen and oxygen atoms in total. The minimum atomic E-state index is -0.247. The third-order valence-corrected chi connectivity index (χ3v) is 6.96. The highest BCUT2D eigenvalue weighted by Gasteiger charge is 2.42. The summed E-state index contributed by atoms with van der Waals surface area (Å²) in [6.45, 7) is 1.56. The summed E-state index contributed by atoms with van der Waals surface area (Å²) >= 11 is 1.69. The first-order valence-corrected chi connectivity index (χ1v) is 11.6. The third-order valence-electron chi connectivity index (χ3n) is 6.03. The third kappa shape index (κ3) is 5.64. The molecule has 4 rings (SSSR count). The molecule has 3 atom stereocenters. The molecule has 2 heterocycles. The van der Waals surface area contributed by atoms with Gasteiger partial charge in [0.15, 0.2) is 0 Å². The molecule has 0 unspecified atom stereocenters. The molecule has 1 saturated carbocycles. The van der Waals surface area contributed by atoms with Crippen LogP contribution in [0.2, 0.25) is 0 Å². The number of hydrogen-bond donors (Lipinski definition) is 3. The van der Waals surface area contributed by atoms with Crippen molar-refractivity contribution in [2.75, 3.05) is 19.6 Å². The zero-order chi connectivity index (χ0) is 21.6. The number of thiophene rings is 1. The van der Waals surface area contributed by atoms with Gasteiger partial charge in [0.1, 0.15) is 6.54 Å². The molecule has 1 aromatic heterocycles. The van der Waals surface area contributed by atoms with E-state index in [0.29, 0.717) is 32.5 Å². The van der Waals surface area contributed by atoms with E-state index in [-0.39, 0.29) is 42.3 Å². The molecule has 2 fully saturated rings. The van der Waals surface area contributed by atoms with Crippen LogP contribution in [0.3, 0.4) is 0 Å². The lowest BCUT2D eigenvalue weighted by molar-refractivity contribution is -0.125. The SMILES string of the molecule is O=C1CN(C(=O)NCc2ccccc2)C[C@H]2C[C@H](C(=O)NCCc3cccs3)C[C@H]2N1. The number of rotatable bonds is 6. The van der Waals surface area contributed by atoms with E-state index >= 15 is 0 Å². The Kier molecular flexibility index (Phi) is 6.86. The normalized spacial score (nSPS) is 22.9. The van der Waals surface area contributed by atoms with Crippen molar-refractivity contribution < 1.29 is 14.4 Å². The Labute approximate surface area is 186 Å². The minimum absolute atomic E-state index is 0.0407. The van der Waals surface area contributed by atoms with Crippen LogP contribution < -0.4 is 16.0 Å². The highest BCUT2D eigenvalue weighted by atomic mass is 32.1. The van der Waals surface area contributed by atoms with Crippen molar-refractivity contribution >= 4 is 29.2 Å². The average molecular weight is 441 g/mol. The van der Waals surface area contributed by atoms with Crippen LogP contribution in [0.15, 0.2) is 47.8 Å². The monoisotopic (exact) mass is 440 g/mol. The van der Waals surface area contributed by atoms with Gasteiger partial charge in [0.05, 0.1) is 0 Å². The van der Waals surface area contributed by atoms with E-state index in [1.54, 1.807) is 16.2 Å². The van der Waals surface area contributed by atoms with Crippen molar-refractivity contribution in [3.05, 3.63) is 58.3 Å². The van der Waals surface area contributed by atoms with E-state index in [9.17, 15) is 14.4 Å². The molecule has 2 aromatic rings. The topological polar surface area (TPSA) is 90.5 Å². The molecular weight excluding hydrogens is 412 g/mol. The van der Waals surface area contributed by atoms with Gasteiger partial charge in [-0.05, 0) is 42.2 Å². The van der Waals surface area contributed by atoms with Crippen LogP contribution in [0.25, 0.3) is 0 Å². The Morgan fingerprint density at radius 3 is 2.71 bits per heavy atom. The molecule has 2 aliphatic rings. The Morgan fingerprint density at radius 2 is 1.94 bits per heavy atom. The number of carbonyl (C=O) groups excluding carboxylic acids is 3. The minimum Gasteiger partial charge on any atom is -0.356 e. The molecular formula is C23H28N4O3S. The van der Waals surface area contributed by atoms with E-state index in [4.69, 9.17) is 0 Å². The van der Waals surface area contributed by atoms with E-state index in [1.165, 1.54) is 4.88 Å². The summed E-state index contributed by atoms with van der Waals surface area (Å²) < 4.78 is 0. The number of nitrogens with zero attached hydrogens (tertiary/aromatic N) is 1. The average Bonchev–Trinajstić information content (AvgIpc) is 3.39. The van der Waals surface area contributed by atoms with E-state index < -0.39 is 0 Å². The lowest BCUT2D eigenvalue weighted by Crippen LogP contribution is -2.44. The maximum absolute atomic E-state index is 12.7. The van der Waals surface area contributed by atoms with Gasteiger partial charge in [-0.3, -0.25) is 9.59 Å². The van der Waals surface area contributed by atoms with Gasteiger partial charge in [-0.25, -0.2) is 4.79 Å². The van der Waals surface area contributed by atoms with E-state index in [1.807, 2.05) is 41.8 Å². The molecule has 1 aliphatic carbocycles.